The predicted octanol–water partition coefficient (Wildman–Crippen LogP) is 3.70. The zero-order valence-corrected chi connectivity index (χ0v) is 17.7. The van der Waals surface area contributed by atoms with Gasteiger partial charge in [0.05, 0.1) is 35.6 Å². The van der Waals surface area contributed by atoms with Crippen LogP contribution in [0.5, 0.6) is 0 Å². The van der Waals surface area contributed by atoms with Crippen molar-refractivity contribution < 1.29 is 28.0 Å². The predicted molar refractivity (Wildman–Crippen MR) is 111 cm³/mol. The number of carbonyl (C=O) groups excluding carboxylic acids is 1. The van der Waals surface area contributed by atoms with Gasteiger partial charge < -0.3 is 15.3 Å². The Bertz CT molecular complexity index is 999. The van der Waals surface area contributed by atoms with E-state index < -0.39 is 39.6 Å². The molecule has 2 N–H and O–H groups in total. The first-order valence-electron chi connectivity index (χ1n) is 8.93. The molecule has 1 aliphatic heterocycles. The number of nitrogens with one attached hydrogen (secondary N) is 1. The molecule has 30 heavy (non-hydrogen) atoms. The van der Waals surface area contributed by atoms with Gasteiger partial charge in [-0.25, -0.2) is 13.2 Å². The highest BCUT2D eigenvalue weighted by Crippen LogP contribution is 2.33. The number of hydrogen-bond donors (Lipinski definition) is 2. The minimum absolute atomic E-state index is 0.0973. The van der Waals surface area contributed by atoms with Crippen molar-refractivity contribution in [3.8, 4) is 0 Å². The van der Waals surface area contributed by atoms with Crippen LogP contribution < -0.4 is 5.32 Å². The Labute approximate surface area is 183 Å². The van der Waals surface area contributed by atoms with Crippen LogP contribution in [0.15, 0.2) is 30.3 Å². The number of anilines is 2. The van der Waals surface area contributed by atoms with Crippen molar-refractivity contribution in [3.05, 3.63) is 67.0 Å². The highest BCUT2D eigenvalue weighted by Gasteiger charge is 2.44. The molecule has 0 saturated carbocycles. The van der Waals surface area contributed by atoms with Gasteiger partial charge in [0.2, 0.25) is 6.54 Å². The number of aliphatic hydroxyl groups is 1. The lowest BCUT2D eigenvalue weighted by Crippen LogP contribution is -2.63. The average Bonchev–Trinajstić information content (AvgIpc) is 2.64. The molecule has 0 aromatic heterocycles. The Morgan fingerprint density at radius 3 is 2.57 bits per heavy atom. The fraction of sp³-hybridized carbons (Fsp3) is 0.316. The molecule has 160 valence electrons. The number of carbonyl (C=O) groups is 1. The third-order valence-corrected chi connectivity index (χ3v) is 5.43. The fourth-order valence-electron chi connectivity index (χ4n) is 3.25. The number of β-amino-alcohol motifs (C(OH)–C–C–N with tert-alkyl or cyclic N) is 1. The molecule has 1 aliphatic rings. The van der Waals surface area contributed by atoms with Crippen molar-refractivity contribution in [3.63, 3.8) is 0 Å². The second-order valence-electron chi connectivity index (χ2n) is 7.08. The first kappa shape index (κ1) is 22.3. The van der Waals surface area contributed by atoms with Crippen molar-refractivity contribution in [2.75, 3.05) is 25.0 Å². The van der Waals surface area contributed by atoms with E-state index in [0.717, 1.165) is 12.1 Å². The maximum Gasteiger partial charge on any atom is 0.256 e. The standard InChI is InChI=1S/C19H17F3IN3O4/c20-13-4-3-12(17(16(13)22)24-15-5-2-11(23)8-14(15)21)18(27)25-9-19(28,10-25)6-1-7-26(29)30/h2-5,8,24,28H,1,6-7,9-10H2. The molecule has 0 spiro atoms. The Morgan fingerprint density at radius 2 is 1.93 bits per heavy atom. The number of nitrogens with zero attached hydrogens (tertiary/aromatic N) is 2. The van der Waals surface area contributed by atoms with Gasteiger partial charge in [-0.05, 0) is 59.3 Å². The van der Waals surface area contributed by atoms with Crippen molar-refractivity contribution in [2.45, 2.75) is 18.4 Å². The van der Waals surface area contributed by atoms with Crippen molar-refractivity contribution in [1.82, 2.24) is 4.90 Å². The molecular weight excluding hydrogens is 518 g/mol. The maximum atomic E-state index is 14.5. The summed E-state index contributed by atoms with van der Waals surface area (Å²) in [5, 5.41) is 23.2. The molecule has 1 fully saturated rings. The number of nitro groups is 1. The van der Waals surface area contributed by atoms with E-state index in [9.17, 15) is 33.2 Å². The summed E-state index contributed by atoms with van der Waals surface area (Å²) in [5.74, 6) is -3.92. The first-order valence-corrected chi connectivity index (χ1v) is 10.0. The molecule has 1 amide bonds. The largest absolute Gasteiger partial charge is 0.386 e. The molecule has 0 atom stereocenters. The molecule has 0 unspecified atom stereocenters. The van der Waals surface area contributed by atoms with Gasteiger partial charge in [0.1, 0.15) is 5.82 Å². The van der Waals surface area contributed by atoms with Crippen LogP contribution in [0.1, 0.15) is 23.2 Å². The van der Waals surface area contributed by atoms with Crippen LogP contribution in [0.4, 0.5) is 24.5 Å². The summed E-state index contributed by atoms with van der Waals surface area (Å²) in [6.07, 6.45) is 0.282. The van der Waals surface area contributed by atoms with E-state index in [1.807, 2.05) is 22.6 Å². The number of rotatable bonds is 7. The average molecular weight is 535 g/mol. The number of halogens is 4. The van der Waals surface area contributed by atoms with Gasteiger partial charge in [-0.1, -0.05) is 0 Å². The van der Waals surface area contributed by atoms with E-state index in [1.54, 1.807) is 6.07 Å². The molecule has 0 bridgehead atoms. The number of hydrogen-bond acceptors (Lipinski definition) is 5. The molecular formula is C19H17F3IN3O4. The summed E-state index contributed by atoms with van der Waals surface area (Å²) in [5.41, 5.74) is -2.13. The summed E-state index contributed by atoms with van der Waals surface area (Å²) in [6.45, 7) is -0.491. The topological polar surface area (TPSA) is 95.7 Å². The van der Waals surface area contributed by atoms with Crippen LogP contribution in [-0.2, 0) is 0 Å². The smallest absolute Gasteiger partial charge is 0.256 e. The Kier molecular flexibility index (Phi) is 6.50. The fourth-order valence-corrected chi connectivity index (χ4v) is 3.70. The highest BCUT2D eigenvalue weighted by atomic mass is 127. The van der Waals surface area contributed by atoms with Crippen LogP contribution in [0, 0.1) is 31.1 Å². The summed E-state index contributed by atoms with van der Waals surface area (Å²) >= 11 is 1.90. The zero-order valence-electron chi connectivity index (χ0n) is 15.5. The molecule has 7 nitrogen and oxygen atoms in total. The summed E-state index contributed by atoms with van der Waals surface area (Å²) in [4.78, 5) is 23.9. The quantitative estimate of drug-likeness (QED) is 0.321. The molecule has 3 rings (SSSR count). The first-order chi connectivity index (χ1) is 14.1. The lowest BCUT2D eigenvalue weighted by Gasteiger charge is -2.46. The van der Waals surface area contributed by atoms with E-state index in [-0.39, 0.29) is 43.7 Å². The minimum atomic E-state index is -1.33. The number of benzene rings is 2. The maximum absolute atomic E-state index is 14.5. The van der Waals surface area contributed by atoms with Gasteiger partial charge in [-0.15, -0.1) is 0 Å². The number of likely N-dealkylation sites (tertiary alicyclic amines) is 1. The van der Waals surface area contributed by atoms with Crippen LogP contribution in [0.25, 0.3) is 0 Å². The van der Waals surface area contributed by atoms with Crippen LogP contribution in [0.2, 0.25) is 0 Å². The molecule has 1 heterocycles. The molecule has 0 aliphatic carbocycles. The van der Waals surface area contributed by atoms with Crippen LogP contribution in [-0.4, -0.2) is 46.1 Å². The van der Waals surface area contributed by atoms with E-state index in [0.29, 0.717) is 3.57 Å². The third-order valence-electron chi connectivity index (χ3n) is 4.76. The lowest BCUT2D eigenvalue weighted by atomic mass is 9.88. The second kappa shape index (κ2) is 8.76. The van der Waals surface area contributed by atoms with Gasteiger partial charge in [-0.2, -0.15) is 0 Å². The van der Waals surface area contributed by atoms with Gasteiger partial charge >= 0.3 is 0 Å². The van der Waals surface area contributed by atoms with Crippen LogP contribution in [0.3, 0.4) is 0 Å². The lowest BCUT2D eigenvalue weighted by molar-refractivity contribution is -0.481. The van der Waals surface area contributed by atoms with Crippen LogP contribution >= 0.6 is 22.6 Å². The molecule has 11 heteroatoms. The van der Waals surface area contributed by atoms with E-state index in [2.05, 4.69) is 5.32 Å². The highest BCUT2D eigenvalue weighted by molar-refractivity contribution is 14.1. The summed E-state index contributed by atoms with van der Waals surface area (Å²) < 4.78 is 43.0. The molecule has 2 aromatic rings. The number of amides is 1. The van der Waals surface area contributed by atoms with Gasteiger partial charge in [0, 0.05) is 14.9 Å². The Balaban J connectivity index is 1.79. The second-order valence-corrected chi connectivity index (χ2v) is 8.32. The molecule has 2 aromatic carbocycles. The zero-order chi connectivity index (χ0) is 22.1. The summed E-state index contributed by atoms with van der Waals surface area (Å²) in [7, 11) is 0. The van der Waals surface area contributed by atoms with Gasteiger partial charge in [-0.3, -0.25) is 14.9 Å². The minimum Gasteiger partial charge on any atom is -0.386 e. The van der Waals surface area contributed by atoms with E-state index >= 15 is 0 Å². The SMILES string of the molecule is O=C(c1ccc(F)c(F)c1Nc1ccc(I)cc1F)N1CC(O)(CCC[N+](=O)[O-])C1. The normalized spacial score (nSPS) is 14.9. The Hall–Kier alpha value is -2.41. The third kappa shape index (κ3) is 4.83. The van der Waals surface area contributed by atoms with Crippen molar-refractivity contribution in [1.29, 1.82) is 0 Å². The van der Waals surface area contributed by atoms with E-state index in [1.165, 1.54) is 17.0 Å². The molecule has 1 saturated heterocycles. The van der Waals surface area contributed by atoms with Gasteiger partial charge in [0.25, 0.3) is 5.91 Å². The van der Waals surface area contributed by atoms with Gasteiger partial charge in [0.15, 0.2) is 11.6 Å². The Morgan fingerprint density at radius 1 is 1.23 bits per heavy atom. The van der Waals surface area contributed by atoms with E-state index in [4.69, 9.17) is 0 Å². The van der Waals surface area contributed by atoms with Crippen molar-refractivity contribution in [2.24, 2.45) is 0 Å². The molecule has 0 radical (unpaired) electrons. The van der Waals surface area contributed by atoms with Crippen molar-refractivity contribution >= 4 is 39.9 Å². The monoisotopic (exact) mass is 535 g/mol. The summed E-state index contributed by atoms with van der Waals surface area (Å²) in [6, 6.07) is 5.97.